The fraction of sp³-hybridized carbons (Fsp3) is 0.143. The van der Waals surface area contributed by atoms with Crippen LogP contribution in [0, 0.1) is 11.6 Å². The number of hydrogen-bond acceptors (Lipinski definition) is 2. The van der Waals surface area contributed by atoms with Crippen molar-refractivity contribution in [2.24, 2.45) is 0 Å². The van der Waals surface area contributed by atoms with E-state index < -0.39 is 21.7 Å². The normalized spacial score (nSPS) is 11.5. The van der Waals surface area contributed by atoms with Crippen molar-refractivity contribution in [3.8, 4) is 0 Å². The maximum atomic E-state index is 13.0. The monoisotopic (exact) mass is 297 g/mol. The molecule has 0 amide bonds. The van der Waals surface area contributed by atoms with Gasteiger partial charge in [-0.15, -0.1) is 0 Å². The van der Waals surface area contributed by atoms with Gasteiger partial charge in [-0.3, -0.25) is 0 Å². The van der Waals surface area contributed by atoms with Gasteiger partial charge in [0.2, 0.25) is 10.0 Å². The van der Waals surface area contributed by atoms with Crippen LogP contribution in [-0.4, -0.2) is 8.42 Å². The molecule has 3 nitrogen and oxygen atoms in total. The van der Waals surface area contributed by atoms with Gasteiger partial charge in [0.15, 0.2) is 0 Å². The largest absolute Gasteiger partial charge is 0.216 e. The number of rotatable bonds is 5. The molecule has 6 heteroatoms. The zero-order valence-electron chi connectivity index (χ0n) is 10.5. The summed E-state index contributed by atoms with van der Waals surface area (Å²) in [5.41, 5.74) is 0.879. The molecule has 2 rings (SSSR count). The molecule has 0 unspecified atom stereocenters. The maximum absolute atomic E-state index is 13.0. The first-order valence-corrected chi connectivity index (χ1v) is 7.56. The second-order valence-electron chi connectivity index (χ2n) is 4.34. The van der Waals surface area contributed by atoms with E-state index in [-0.39, 0.29) is 17.9 Å². The van der Waals surface area contributed by atoms with E-state index >= 15 is 0 Å². The molecule has 0 spiro atoms. The highest BCUT2D eigenvalue weighted by molar-refractivity contribution is 7.88. The van der Waals surface area contributed by atoms with Crippen molar-refractivity contribution in [2.75, 3.05) is 0 Å². The Kier molecular flexibility index (Phi) is 4.46. The van der Waals surface area contributed by atoms with Gasteiger partial charge >= 0.3 is 0 Å². The fourth-order valence-corrected chi connectivity index (χ4v) is 2.87. The molecule has 0 aliphatic heterocycles. The van der Waals surface area contributed by atoms with Crippen LogP contribution >= 0.6 is 0 Å². The van der Waals surface area contributed by atoms with Crippen LogP contribution < -0.4 is 4.72 Å². The minimum absolute atomic E-state index is 0.149. The van der Waals surface area contributed by atoms with E-state index in [2.05, 4.69) is 4.72 Å². The quantitative estimate of drug-likeness (QED) is 0.922. The summed E-state index contributed by atoms with van der Waals surface area (Å²) >= 11 is 0. The Morgan fingerprint density at radius 2 is 1.50 bits per heavy atom. The molecule has 2 aromatic carbocycles. The minimum atomic E-state index is -3.55. The molecule has 1 N–H and O–H groups in total. The fourth-order valence-electron chi connectivity index (χ4n) is 1.75. The third-order valence-electron chi connectivity index (χ3n) is 2.62. The molecule has 0 radical (unpaired) electrons. The SMILES string of the molecule is O=S(=O)(Cc1ccccc1)NCc1cc(F)cc(F)c1. The Labute approximate surface area is 116 Å². The molecule has 0 aliphatic carbocycles. The van der Waals surface area contributed by atoms with Crippen molar-refractivity contribution in [2.45, 2.75) is 12.3 Å². The summed E-state index contributed by atoms with van der Waals surface area (Å²) in [6.45, 7) is -0.149. The highest BCUT2D eigenvalue weighted by Gasteiger charge is 2.11. The molecule has 2 aromatic rings. The summed E-state index contributed by atoms with van der Waals surface area (Å²) < 4.78 is 52.0. The molecular weight excluding hydrogens is 284 g/mol. The van der Waals surface area contributed by atoms with E-state index in [1.165, 1.54) is 0 Å². The number of benzene rings is 2. The average Bonchev–Trinajstić information content (AvgIpc) is 2.36. The standard InChI is InChI=1S/C14H13F2NO2S/c15-13-6-12(7-14(16)8-13)9-17-20(18,19)10-11-4-2-1-3-5-11/h1-8,17H,9-10H2. The molecule has 0 atom stereocenters. The first-order chi connectivity index (χ1) is 9.44. The van der Waals surface area contributed by atoms with Crippen LogP contribution in [0.25, 0.3) is 0 Å². The molecule has 20 heavy (non-hydrogen) atoms. The number of nitrogens with one attached hydrogen (secondary N) is 1. The lowest BCUT2D eigenvalue weighted by Crippen LogP contribution is -2.24. The molecule has 0 bridgehead atoms. The van der Waals surface area contributed by atoms with Gasteiger partial charge in [0, 0.05) is 12.6 Å². The van der Waals surface area contributed by atoms with E-state index in [9.17, 15) is 17.2 Å². The van der Waals surface area contributed by atoms with Crippen molar-refractivity contribution in [1.29, 1.82) is 0 Å². The molecule has 0 fully saturated rings. The minimum Gasteiger partial charge on any atom is -0.212 e. The van der Waals surface area contributed by atoms with Gasteiger partial charge in [-0.2, -0.15) is 0 Å². The molecule has 0 saturated carbocycles. The van der Waals surface area contributed by atoms with Crippen LogP contribution in [0.15, 0.2) is 48.5 Å². The summed E-state index contributed by atoms with van der Waals surface area (Å²) in [7, 11) is -3.55. The van der Waals surface area contributed by atoms with Crippen molar-refractivity contribution >= 4 is 10.0 Å². The van der Waals surface area contributed by atoms with Crippen LogP contribution in [-0.2, 0) is 22.3 Å². The van der Waals surface area contributed by atoms with Crippen molar-refractivity contribution in [3.05, 3.63) is 71.3 Å². The van der Waals surface area contributed by atoms with E-state index in [4.69, 9.17) is 0 Å². The summed E-state index contributed by atoms with van der Waals surface area (Å²) in [6, 6.07) is 11.6. The van der Waals surface area contributed by atoms with Crippen molar-refractivity contribution < 1.29 is 17.2 Å². The topological polar surface area (TPSA) is 46.2 Å². The lowest BCUT2D eigenvalue weighted by molar-refractivity contribution is 0.570. The summed E-state index contributed by atoms with van der Waals surface area (Å²) in [5, 5.41) is 0. The molecular formula is C14H13F2NO2S. The van der Waals surface area contributed by atoms with Crippen molar-refractivity contribution in [3.63, 3.8) is 0 Å². The van der Waals surface area contributed by atoms with E-state index in [0.29, 0.717) is 5.56 Å². The Balaban J connectivity index is 2.02. The third kappa shape index (κ3) is 4.40. The van der Waals surface area contributed by atoms with E-state index in [0.717, 1.165) is 18.2 Å². The Morgan fingerprint density at radius 1 is 0.900 bits per heavy atom. The first-order valence-electron chi connectivity index (χ1n) is 5.91. The number of halogens is 2. The van der Waals surface area contributed by atoms with Gasteiger partial charge in [0.1, 0.15) is 11.6 Å². The highest BCUT2D eigenvalue weighted by Crippen LogP contribution is 2.09. The van der Waals surface area contributed by atoms with Gasteiger partial charge in [0.05, 0.1) is 5.75 Å². The first kappa shape index (κ1) is 14.6. The molecule has 0 saturated heterocycles. The summed E-state index contributed by atoms with van der Waals surface area (Å²) in [5.74, 6) is -1.64. The van der Waals surface area contributed by atoms with Gasteiger partial charge < -0.3 is 0 Å². The van der Waals surface area contributed by atoms with Crippen molar-refractivity contribution in [1.82, 2.24) is 4.72 Å². The number of sulfonamides is 1. The van der Waals surface area contributed by atoms with Gasteiger partial charge in [-0.25, -0.2) is 21.9 Å². The van der Waals surface area contributed by atoms with E-state index in [1.54, 1.807) is 30.3 Å². The zero-order valence-corrected chi connectivity index (χ0v) is 11.3. The van der Waals surface area contributed by atoms with Gasteiger partial charge in [-0.1, -0.05) is 30.3 Å². The summed E-state index contributed by atoms with van der Waals surface area (Å²) in [4.78, 5) is 0. The molecule has 0 aliphatic rings. The smallest absolute Gasteiger partial charge is 0.212 e. The second-order valence-corrected chi connectivity index (χ2v) is 6.15. The highest BCUT2D eigenvalue weighted by atomic mass is 32.2. The Bertz CT molecular complexity index is 667. The van der Waals surface area contributed by atoms with Crippen LogP contribution in [0.1, 0.15) is 11.1 Å². The number of hydrogen-bond donors (Lipinski definition) is 1. The molecule has 106 valence electrons. The average molecular weight is 297 g/mol. The Hall–Kier alpha value is -1.79. The lowest BCUT2D eigenvalue weighted by Gasteiger charge is -2.07. The predicted octanol–water partition coefficient (Wildman–Crippen LogP) is 2.58. The van der Waals surface area contributed by atoms with Gasteiger partial charge in [0.25, 0.3) is 0 Å². The van der Waals surface area contributed by atoms with Crippen LogP contribution in [0.5, 0.6) is 0 Å². The Morgan fingerprint density at radius 3 is 2.10 bits per heavy atom. The van der Waals surface area contributed by atoms with Crippen LogP contribution in [0.2, 0.25) is 0 Å². The van der Waals surface area contributed by atoms with Crippen LogP contribution in [0.4, 0.5) is 8.78 Å². The van der Waals surface area contributed by atoms with Gasteiger partial charge in [-0.05, 0) is 23.3 Å². The lowest BCUT2D eigenvalue weighted by atomic mass is 10.2. The van der Waals surface area contributed by atoms with Crippen LogP contribution in [0.3, 0.4) is 0 Å². The zero-order chi connectivity index (χ0) is 14.6. The van der Waals surface area contributed by atoms with E-state index in [1.807, 2.05) is 0 Å². The second kappa shape index (κ2) is 6.11. The predicted molar refractivity (Wildman–Crippen MR) is 72.3 cm³/mol. The molecule has 0 heterocycles. The molecule has 0 aromatic heterocycles. The maximum Gasteiger partial charge on any atom is 0.216 e. The third-order valence-corrected chi connectivity index (χ3v) is 3.92. The summed E-state index contributed by atoms with van der Waals surface area (Å²) in [6.07, 6.45) is 0.